The third-order valence-corrected chi connectivity index (χ3v) is 5.19. The van der Waals surface area contributed by atoms with E-state index >= 15 is 0 Å². The maximum Gasteiger partial charge on any atom is 0.221 e. The topological polar surface area (TPSA) is 127 Å². The molecule has 0 saturated carbocycles. The van der Waals surface area contributed by atoms with Gasteiger partial charge < -0.3 is 11.1 Å². The predicted molar refractivity (Wildman–Crippen MR) is 104 cm³/mol. The van der Waals surface area contributed by atoms with Crippen LogP contribution in [0.4, 0.5) is 17.5 Å². The van der Waals surface area contributed by atoms with Crippen molar-refractivity contribution in [1.29, 1.82) is 0 Å². The molecule has 0 fully saturated rings. The molecule has 4 N–H and O–H groups in total. The molecule has 4 aromatic rings. The van der Waals surface area contributed by atoms with Gasteiger partial charge in [-0.05, 0) is 36.4 Å². The van der Waals surface area contributed by atoms with E-state index in [0.717, 1.165) is 27.8 Å². The molecule has 0 bridgehead atoms. The third-order valence-electron chi connectivity index (χ3n) is 4.07. The fraction of sp³-hybridized carbons (Fsp3) is 0.0556. The summed E-state index contributed by atoms with van der Waals surface area (Å²) in [6, 6.07) is 14.1. The van der Waals surface area contributed by atoms with Gasteiger partial charge in [-0.25, -0.2) is 13.4 Å². The van der Waals surface area contributed by atoms with Crippen molar-refractivity contribution in [3.63, 3.8) is 0 Å². The summed E-state index contributed by atoms with van der Waals surface area (Å²) in [7, 11) is -3.24. The number of anilines is 3. The fourth-order valence-corrected chi connectivity index (χ4v) is 3.39. The van der Waals surface area contributed by atoms with Crippen molar-refractivity contribution in [1.82, 2.24) is 20.2 Å². The summed E-state index contributed by atoms with van der Waals surface area (Å²) in [5.41, 5.74) is 8.84. The molecule has 2 aromatic heterocycles. The van der Waals surface area contributed by atoms with Gasteiger partial charge in [0, 0.05) is 29.1 Å². The van der Waals surface area contributed by atoms with E-state index in [1.165, 1.54) is 6.26 Å². The van der Waals surface area contributed by atoms with Crippen molar-refractivity contribution in [2.75, 3.05) is 17.3 Å². The van der Waals surface area contributed by atoms with Crippen LogP contribution in [-0.2, 0) is 9.84 Å². The summed E-state index contributed by atoms with van der Waals surface area (Å²) < 4.78 is 23.3. The highest BCUT2D eigenvalue weighted by Crippen LogP contribution is 2.30. The zero-order chi connectivity index (χ0) is 19.0. The van der Waals surface area contributed by atoms with Gasteiger partial charge in [0.25, 0.3) is 0 Å². The highest BCUT2D eigenvalue weighted by atomic mass is 32.2. The summed E-state index contributed by atoms with van der Waals surface area (Å²) in [6.45, 7) is 0. The molecule has 0 unspecified atom stereocenters. The van der Waals surface area contributed by atoms with Crippen LogP contribution in [0, 0.1) is 0 Å². The van der Waals surface area contributed by atoms with Gasteiger partial charge in [-0.3, -0.25) is 5.10 Å². The van der Waals surface area contributed by atoms with Crippen molar-refractivity contribution < 1.29 is 8.42 Å². The van der Waals surface area contributed by atoms with Crippen molar-refractivity contribution in [2.24, 2.45) is 0 Å². The number of aromatic amines is 1. The molecular weight excluding hydrogens is 364 g/mol. The highest BCUT2D eigenvalue weighted by Gasteiger charge is 2.12. The minimum absolute atomic E-state index is 0.191. The Kier molecular flexibility index (Phi) is 4.00. The van der Waals surface area contributed by atoms with Crippen LogP contribution in [0.2, 0.25) is 0 Å². The van der Waals surface area contributed by atoms with Crippen LogP contribution in [0.3, 0.4) is 0 Å². The summed E-state index contributed by atoms with van der Waals surface area (Å²) in [5, 5.41) is 11.4. The molecule has 2 heterocycles. The van der Waals surface area contributed by atoms with Gasteiger partial charge in [0.1, 0.15) is 5.82 Å². The molecular formula is C18H16N6O2S. The number of aromatic nitrogens is 4. The number of rotatable bonds is 4. The summed E-state index contributed by atoms with van der Waals surface area (Å²) >= 11 is 0. The Labute approximate surface area is 155 Å². The Morgan fingerprint density at radius 2 is 1.85 bits per heavy atom. The van der Waals surface area contributed by atoms with E-state index in [4.69, 9.17) is 5.73 Å². The molecule has 8 nitrogen and oxygen atoms in total. The normalized spacial score (nSPS) is 11.6. The number of benzene rings is 2. The molecule has 0 aliphatic heterocycles. The van der Waals surface area contributed by atoms with Gasteiger partial charge >= 0.3 is 0 Å². The van der Waals surface area contributed by atoms with Crippen LogP contribution >= 0.6 is 0 Å². The van der Waals surface area contributed by atoms with Crippen molar-refractivity contribution in [3.8, 4) is 11.3 Å². The average molecular weight is 380 g/mol. The van der Waals surface area contributed by atoms with Crippen LogP contribution in [-0.4, -0.2) is 34.8 Å². The molecule has 2 aromatic carbocycles. The lowest BCUT2D eigenvalue weighted by molar-refractivity contribution is 0.602. The van der Waals surface area contributed by atoms with Gasteiger partial charge in [-0.1, -0.05) is 12.1 Å². The van der Waals surface area contributed by atoms with Crippen LogP contribution < -0.4 is 11.1 Å². The number of nitrogen functional groups attached to an aromatic ring is 1. The molecule has 136 valence electrons. The van der Waals surface area contributed by atoms with Gasteiger partial charge in [-0.15, -0.1) is 0 Å². The second-order valence-corrected chi connectivity index (χ2v) is 8.07. The quantitative estimate of drug-likeness (QED) is 0.497. The molecule has 0 aliphatic carbocycles. The maximum atomic E-state index is 11.6. The number of H-pyrrole nitrogens is 1. The summed E-state index contributed by atoms with van der Waals surface area (Å²) in [4.78, 5) is 8.27. The monoisotopic (exact) mass is 380 g/mol. The number of nitrogens with one attached hydrogen (secondary N) is 2. The first-order valence-corrected chi connectivity index (χ1v) is 9.93. The molecule has 0 atom stereocenters. The average Bonchev–Trinajstić information content (AvgIpc) is 3.04. The van der Waals surface area contributed by atoms with E-state index in [9.17, 15) is 8.42 Å². The van der Waals surface area contributed by atoms with Gasteiger partial charge in [-0.2, -0.15) is 10.1 Å². The molecule has 4 rings (SSSR count). The first-order valence-electron chi connectivity index (χ1n) is 8.04. The van der Waals surface area contributed by atoms with E-state index in [1.54, 1.807) is 36.5 Å². The largest absolute Gasteiger partial charge is 0.368 e. The van der Waals surface area contributed by atoms with Crippen LogP contribution in [0.1, 0.15) is 0 Å². The molecule has 27 heavy (non-hydrogen) atoms. The van der Waals surface area contributed by atoms with Crippen molar-refractivity contribution >= 4 is 38.2 Å². The molecule has 0 spiro atoms. The molecule has 0 radical (unpaired) electrons. The van der Waals surface area contributed by atoms with E-state index < -0.39 is 9.84 Å². The van der Waals surface area contributed by atoms with E-state index in [-0.39, 0.29) is 10.8 Å². The highest BCUT2D eigenvalue weighted by molar-refractivity contribution is 7.90. The smallest absolute Gasteiger partial charge is 0.221 e. The third kappa shape index (κ3) is 3.44. The Morgan fingerprint density at radius 3 is 2.56 bits per heavy atom. The molecule has 0 amide bonds. The van der Waals surface area contributed by atoms with Crippen molar-refractivity contribution in [3.05, 3.63) is 54.7 Å². The Balaban J connectivity index is 1.72. The lowest BCUT2D eigenvalue weighted by Crippen LogP contribution is -1.98. The molecule has 9 heteroatoms. The Morgan fingerprint density at radius 1 is 1.07 bits per heavy atom. The number of fused-ring (bicyclic) bond motifs is 1. The fourth-order valence-electron chi connectivity index (χ4n) is 2.76. The number of sulfone groups is 1. The zero-order valence-electron chi connectivity index (χ0n) is 14.3. The lowest BCUT2D eigenvalue weighted by atomic mass is 10.1. The molecule has 0 saturated heterocycles. The first kappa shape index (κ1) is 17.0. The zero-order valence-corrected chi connectivity index (χ0v) is 15.2. The lowest BCUT2D eigenvalue weighted by Gasteiger charge is -2.06. The van der Waals surface area contributed by atoms with Crippen LogP contribution in [0.5, 0.6) is 0 Å². The minimum atomic E-state index is -3.24. The Bertz CT molecular complexity index is 1230. The number of nitrogens with two attached hydrogens (primary N) is 1. The SMILES string of the molecule is CS(=O)(=O)c1ccc(-c2n[nH]c3ccc(Nc4ccnc(N)n4)cc23)cc1. The van der Waals surface area contributed by atoms with Crippen LogP contribution in [0.15, 0.2) is 59.6 Å². The van der Waals surface area contributed by atoms with Crippen LogP contribution in [0.25, 0.3) is 22.2 Å². The first-order chi connectivity index (χ1) is 12.9. The number of hydrogen-bond acceptors (Lipinski definition) is 7. The van der Waals surface area contributed by atoms with Gasteiger partial charge in [0.05, 0.1) is 16.1 Å². The minimum Gasteiger partial charge on any atom is -0.368 e. The second kappa shape index (κ2) is 6.36. The summed E-state index contributed by atoms with van der Waals surface area (Å²) in [6.07, 6.45) is 2.76. The van der Waals surface area contributed by atoms with E-state index in [0.29, 0.717) is 5.82 Å². The number of hydrogen-bond donors (Lipinski definition) is 3. The predicted octanol–water partition coefficient (Wildman–Crippen LogP) is 2.75. The Hall–Kier alpha value is -3.46. The van der Waals surface area contributed by atoms with Gasteiger partial charge in [0.15, 0.2) is 9.84 Å². The van der Waals surface area contributed by atoms with E-state index in [1.807, 2.05) is 18.2 Å². The van der Waals surface area contributed by atoms with E-state index in [2.05, 4.69) is 25.5 Å². The standard InChI is InChI=1S/C18H16N6O2S/c1-27(25,26)13-5-2-11(3-6-13)17-14-10-12(4-7-15(14)23-24-17)21-16-8-9-20-18(19)22-16/h2-10H,1H3,(H,23,24)(H3,19,20,21,22). The van der Waals surface area contributed by atoms with Gasteiger partial charge in [0.2, 0.25) is 5.95 Å². The molecule has 0 aliphatic rings. The second-order valence-electron chi connectivity index (χ2n) is 6.05. The maximum absolute atomic E-state index is 11.6. The number of nitrogens with zero attached hydrogens (tertiary/aromatic N) is 3. The summed E-state index contributed by atoms with van der Waals surface area (Å²) in [5.74, 6) is 0.778. The van der Waals surface area contributed by atoms with Crippen molar-refractivity contribution in [2.45, 2.75) is 4.90 Å².